The molecule has 0 saturated carbocycles. The molecule has 1 aromatic rings. The molecule has 0 amide bonds. The van der Waals surface area contributed by atoms with E-state index in [1.807, 2.05) is 23.9 Å². The van der Waals surface area contributed by atoms with Crippen LogP contribution in [0.25, 0.3) is 0 Å². The molecule has 0 bridgehead atoms. The second-order valence-electron chi connectivity index (χ2n) is 2.88. The SMILES string of the molecule is CSC(C)Cc1ccc(F)cc1. The van der Waals surface area contributed by atoms with Gasteiger partial charge in [-0.25, -0.2) is 4.39 Å². The Bertz CT molecular complexity index is 230. The zero-order valence-corrected chi connectivity index (χ0v) is 8.20. The fraction of sp³-hybridized carbons (Fsp3) is 0.400. The molecule has 0 saturated heterocycles. The maximum Gasteiger partial charge on any atom is 0.123 e. The molecule has 0 aliphatic carbocycles. The minimum absolute atomic E-state index is 0.157. The molecule has 1 atom stereocenters. The maximum atomic E-state index is 12.5. The summed E-state index contributed by atoms with van der Waals surface area (Å²) in [6.07, 6.45) is 3.11. The van der Waals surface area contributed by atoms with Gasteiger partial charge in [-0.3, -0.25) is 0 Å². The second-order valence-corrected chi connectivity index (χ2v) is 4.15. The van der Waals surface area contributed by atoms with Crippen LogP contribution in [0.15, 0.2) is 24.3 Å². The van der Waals surface area contributed by atoms with Gasteiger partial charge in [-0.05, 0) is 30.4 Å². The number of thioether (sulfide) groups is 1. The predicted octanol–water partition coefficient (Wildman–Crippen LogP) is 3.12. The Kier molecular flexibility index (Phi) is 3.60. The van der Waals surface area contributed by atoms with Crippen LogP contribution in [-0.4, -0.2) is 11.5 Å². The summed E-state index contributed by atoms with van der Waals surface area (Å²) < 4.78 is 12.5. The first kappa shape index (κ1) is 9.59. The van der Waals surface area contributed by atoms with E-state index in [9.17, 15) is 4.39 Å². The van der Waals surface area contributed by atoms with Crippen LogP contribution in [0.3, 0.4) is 0 Å². The van der Waals surface area contributed by atoms with Crippen LogP contribution in [0.1, 0.15) is 12.5 Å². The van der Waals surface area contributed by atoms with E-state index in [4.69, 9.17) is 0 Å². The lowest BCUT2D eigenvalue weighted by molar-refractivity contribution is 0.627. The van der Waals surface area contributed by atoms with Crippen molar-refractivity contribution in [1.29, 1.82) is 0 Å². The normalized spacial score (nSPS) is 12.9. The number of hydrogen-bond donors (Lipinski definition) is 0. The summed E-state index contributed by atoms with van der Waals surface area (Å²) in [5.41, 5.74) is 1.21. The minimum atomic E-state index is -0.157. The summed E-state index contributed by atoms with van der Waals surface area (Å²) in [6.45, 7) is 2.17. The quantitative estimate of drug-likeness (QED) is 0.695. The summed E-state index contributed by atoms with van der Waals surface area (Å²) in [5.74, 6) is -0.157. The lowest BCUT2D eigenvalue weighted by Crippen LogP contribution is -1.99. The molecule has 0 N–H and O–H groups in total. The first-order chi connectivity index (χ1) is 5.72. The van der Waals surface area contributed by atoms with Crippen molar-refractivity contribution in [2.24, 2.45) is 0 Å². The molecule has 0 aliphatic rings. The van der Waals surface area contributed by atoms with Crippen molar-refractivity contribution in [3.63, 3.8) is 0 Å². The topological polar surface area (TPSA) is 0 Å². The maximum absolute atomic E-state index is 12.5. The number of hydrogen-bond acceptors (Lipinski definition) is 1. The van der Waals surface area contributed by atoms with E-state index in [0.717, 1.165) is 6.42 Å². The van der Waals surface area contributed by atoms with Gasteiger partial charge in [0.25, 0.3) is 0 Å². The van der Waals surface area contributed by atoms with Gasteiger partial charge in [0.2, 0.25) is 0 Å². The third-order valence-corrected chi connectivity index (χ3v) is 2.81. The smallest absolute Gasteiger partial charge is 0.123 e. The third-order valence-electron chi connectivity index (χ3n) is 1.84. The first-order valence-electron chi connectivity index (χ1n) is 3.99. The monoisotopic (exact) mass is 184 g/mol. The zero-order valence-electron chi connectivity index (χ0n) is 7.38. The summed E-state index contributed by atoms with van der Waals surface area (Å²) >= 11 is 1.83. The van der Waals surface area contributed by atoms with E-state index in [2.05, 4.69) is 13.2 Å². The highest BCUT2D eigenvalue weighted by molar-refractivity contribution is 7.99. The van der Waals surface area contributed by atoms with Crippen LogP contribution in [0.2, 0.25) is 0 Å². The predicted molar refractivity (Wildman–Crippen MR) is 53.1 cm³/mol. The summed E-state index contributed by atoms with van der Waals surface area (Å²) in [6, 6.07) is 6.73. The number of halogens is 1. The van der Waals surface area contributed by atoms with Gasteiger partial charge in [0, 0.05) is 5.25 Å². The molecule has 2 heteroatoms. The molecule has 66 valence electrons. The highest BCUT2D eigenvalue weighted by Gasteiger charge is 2.00. The Balaban J connectivity index is 2.58. The van der Waals surface area contributed by atoms with E-state index < -0.39 is 0 Å². The number of rotatable bonds is 3. The highest BCUT2D eigenvalue weighted by atomic mass is 32.2. The molecule has 0 heterocycles. The molecule has 0 radical (unpaired) electrons. The van der Waals surface area contributed by atoms with Crippen LogP contribution < -0.4 is 0 Å². The molecule has 1 rings (SSSR count). The molecule has 0 spiro atoms. The van der Waals surface area contributed by atoms with E-state index in [1.165, 1.54) is 17.7 Å². The molecule has 1 unspecified atom stereocenters. The fourth-order valence-corrected chi connectivity index (χ4v) is 1.39. The van der Waals surface area contributed by atoms with E-state index in [-0.39, 0.29) is 5.82 Å². The Morgan fingerprint density at radius 2 is 1.92 bits per heavy atom. The number of benzene rings is 1. The highest BCUT2D eigenvalue weighted by Crippen LogP contribution is 2.13. The van der Waals surface area contributed by atoms with Gasteiger partial charge >= 0.3 is 0 Å². The molecule has 0 fully saturated rings. The van der Waals surface area contributed by atoms with Crippen LogP contribution >= 0.6 is 11.8 Å². The van der Waals surface area contributed by atoms with Crippen molar-refractivity contribution in [1.82, 2.24) is 0 Å². The van der Waals surface area contributed by atoms with Gasteiger partial charge in [0.1, 0.15) is 5.82 Å². The molecule has 1 aromatic carbocycles. The summed E-state index contributed by atoms with van der Waals surface area (Å²) in [7, 11) is 0. The standard InChI is InChI=1S/C10H13FS/c1-8(12-2)7-9-3-5-10(11)6-4-9/h3-6,8H,7H2,1-2H3. The zero-order chi connectivity index (χ0) is 8.97. The average molecular weight is 184 g/mol. The van der Waals surface area contributed by atoms with Crippen LogP contribution in [-0.2, 0) is 6.42 Å². The molecular formula is C10H13FS. The molecule has 0 aromatic heterocycles. The lowest BCUT2D eigenvalue weighted by Gasteiger charge is -2.07. The van der Waals surface area contributed by atoms with Gasteiger partial charge in [-0.1, -0.05) is 19.1 Å². The van der Waals surface area contributed by atoms with Crippen LogP contribution in [0, 0.1) is 5.82 Å². The van der Waals surface area contributed by atoms with Crippen molar-refractivity contribution >= 4 is 11.8 Å². The van der Waals surface area contributed by atoms with Crippen molar-refractivity contribution in [3.05, 3.63) is 35.6 Å². The van der Waals surface area contributed by atoms with Crippen molar-refractivity contribution in [2.45, 2.75) is 18.6 Å². The Labute approximate surface area is 77.2 Å². The third kappa shape index (κ3) is 2.86. The molecular weight excluding hydrogens is 171 g/mol. The van der Waals surface area contributed by atoms with E-state index in [1.54, 1.807) is 0 Å². The second kappa shape index (κ2) is 4.51. The molecule has 0 aliphatic heterocycles. The van der Waals surface area contributed by atoms with Crippen LogP contribution in [0.5, 0.6) is 0 Å². The van der Waals surface area contributed by atoms with E-state index in [0.29, 0.717) is 5.25 Å². The van der Waals surface area contributed by atoms with Gasteiger partial charge in [0.05, 0.1) is 0 Å². The summed E-state index contributed by atoms with van der Waals surface area (Å²) in [5, 5.41) is 0.607. The molecule has 0 nitrogen and oxygen atoms in total. The van der Waals surface area contributed by atoms with Crippen molar-refractivity contribution in [3.8, 4) is 0 Å². The molecule has 12 heavy (non-hydrogen) atoms. The van der Waals surface area contributed by atoms with E-state index >= 15 is 0 Å². The van der Waals surface area contributed by atoms with Crippen molar-refractivity contribution < 1.29 is 4.39 Å². The Morgan fingerprint density at radius 1 is 1.33 bits per heavy atom. The first-order valence-corrected chi connectivity index (χ1v) is 5.28. The van der Waals surface area contributed by atoms with Gasteiger partial charge in [0.15, 0.2) is 0 Å². The Hall–Kier alpha value is -0.500. The largest absolute Gasteiger partial charge is 0.207 e. The van der Waals surface area contributed by atoms with Crippen LogP contribution in [0.4, 0.5) is 4.39 Å². The average Bonchev–Trinajstić information content (AvgIpc) is 2.09. The fourth-order valence-electron chi connectivity index (χ4n) is 1.04. The van der Waals surface area contributed by atoms with Gasteiger partial charge < -0.3 is 0 Å². The summed E-state index contributed by atoms with van der Waals surface area (Å²) in [4.78, 5) is 0. The minimum Gasteiger partial charge on any atom is -0.207 e. The Morgan fingerprint density at radius 3 is 2.42 bits per heavy atom. The van der Waals surface area contributed by atoms with Crippen molar-refractivity contribution in [2.75, 3.05) is 6.26 Å². The van der Waals surface area contributed by atoms with Gasteiger partial charge in [-0.2, -0.15) is 11.8 Å². The van der Waals surface area contributed by atoms with Gasteiger partial charge in [-0.15, -0.1) is 0 Å². The lowest BCUT2D eigenvalue weighted by atomic mass is 10.1.